The van der Waals surface area contributed by atoms with Crippen LogP contribution in [0.4, 0.5) is 0 Å². The zero-order valence-corrected chi connectivity index (χ0v) is 11.5. The number of ether oxygens (including phenoxy) is 1. The van der Waals surface area contributed by atoms with E-state index in [1.54, 1.807) is 6.08 Å². The van der Waals surface area contributed by atoms with Crippen LogP contribution in [-0.4, -0.2) is 35.8 Å². The highest BCUT2D eigenvalue weighted by Gasteiger charge is 2.25. The molecule has 1 aromatic rings. The monoisotopic (exact) mass is 282 g/mol. The van der Waals surface area contributed by atoms with Gasteiger partial charge in [-0.25, -0.2) is 4.79 Å². The molecular formula is C13H18O5Si. The molecule has 0 aliphatic heterocycles. The van der Waals surface area contributed by atoms with E-state index in [-0.39, 0.29) is 12.7 Å². The van der Waals surface area contributed by atoms with Crippen LogP contribution >= 0.6 is 0 Å². The van der Waals surface area contributed by atoms with Crippen LogP contribution in [-0.2, 0) is 9.53 Å². The van der Waals surface area contributed by atoms with Gasteiger partial charge in [-0.1, -0.05) is 30.3 Å². The van der Waals surface area contributed by atoms with Gasteiger partial charge in [0.15, 0.2) is 0 Å². The summed E-state index contributed by atoms with van der Waals surface area (Å²) >= 11 is 0. The Morgan fingerprint density at radius 2 is 1.84 bits per heavy atom. The third-order valence-electron chi connectivity index (χ3n) is 2.36. The van der Waals surface area contributed by atoms with Crippen LogP contribution in [0, 0.1) is 0 Å². The van der Waals surface area contributed by atoms with Crippen molar-refractivity contribution in [2.45, 2.75) is 18.9 Å². The van der Waals surface area contributed by atoms with Gasteiger partial charge >= 0.3 is 14.8 Å². The normalized spacial score (nSPS) is 11.7. The van der Waals surface area contributed by atoms with Crippen LogP contribution in [0.15, 0.2) is 36.4 Å². The van der Waals surface area contributed by atoms with Gasteiger partial charge in [-0.2, -0.15) is 0 Å². The Kier molecular flexibility index (Phi) is 6.44. The lowest BCUT2D eigenvalue weighted by Gasteiger charge is -2.08. The van der Waals surface area contributed by atoms with E-state index in [0.717, 1.165) is 5.56 Å². The third-order valence-corrected chi connectivity index (χ3v) is 3.39. The highest BCUT2D eigenvalue weighted by Crippen LogP contribution is 2.05. The van der Waals surface area contributed by atoms with E-state index in [1.165, 1.54) is 6.08 Å². The quantitative estimate of drug-likeness (QED) is 0.300. The number of hydrogen-bond acceptors (Lipinski definition) is 5. The molecule has 0 aliphatic carbocycles. The predicted octanol–water partition coefficient (Wildman–Crippen LogP) is 0.939. The molecule has 0 aliphatic rings. The van der Waals surface area contributed by atoms with Crippen LogP contribution in [0.5, 0.6) is 0 Å². The molecular weight excluding hydrogens is 264 g/mol. The molecule has 0 fully saturated rings. The number of carbonyl (C=O) groups excluding carboxylic acids is 1. The standard InChI is InChI=1S/C13H18O5Si/c14-13(9-8-12-6-2-1-3-7-12)18-10-4-5-11-19(15,16)17/h1-3,6-9,15-17H,4-5,10-11H2. The molecule has 0 amide bonds. The minimum atomic E-state index is -3.95. The van der Waals surface area contributed by atoms with Gasteiger partial charge in [-0.05, 0) is 24.5 Å². The Morgan fingerprint density at radius 1 is 1.16 bits per heavy atom. The lowest BCUT2D eigenvalue weighted by Crippen LogP contribution is -2.34. The topological polar surface area (TPSA) is 87.0 Å². The average Bonchev–Trinajstić information content (AvgIpc) is 2.36. The number of hydrogen-bond donors (Lipinski definition) is 3. The van der Waals surface area contributed by atoms with E-state index >= 15 is 0 Å². The SMILES string of the molecule is O=C(C=Cc1ccccc1)OCCCC[Si](O)(O)O. The Morgan fingerprint density at radius 3 is 2.47 bits per heavy atom. The number of rotatable bonds is 7. The zero-order valence-electron chi connectivity index (χ0n) is 10.5. The van der Waals surface area contributed by atoms with Gasteiger partial charge in [0.2, 0.25) is 0 Å². The first-order valence-electron chi connectivity index (χ1n) is 6.04. The molecule has 6 heteroatoms. The number of unbranched alkanes of at least 4 members (excludes halogenated alkanes) is 1. The minimum absolute atomic E-state index is 0.0373. The molecule has 0 atom stereocenters. The molecule has 0 bridgehead atoms. The first-order valence-corrected chi connectivity index (χ1v) is 8.09. The second-order valence-corrected chi connectivity index (χ2v) is 6.19. The maximum atomic E-state index is 11.3. The molecule has 0 radical (unpaired) electrons. The van der Waals surface area contributed by atoms with Gasteiger partial charge in [-0.15, -0.1) is 0 Å². The maximum absolute atomic E-state index is 11.3. The van der Waals surface area contributed by atoms with Crippen LogP contribution < -0.4 is 0 Å². The summed E-state index contributed by atoms with van der Waals surface area (Å²) < 4.78 is 4.92. The van der Waals surface area contributed by atoms with Crippen molar-refractivity contribution in [2.24, 2.45) is 0 Å². The van der Waals surface area contributed by atoms with Gasteiger partial charge in [0.25, 0.3) is 0 Å². The van der Waals surface area contributed by atoms with E-state index in [9.17, 15) is 4.79 Å². The summed E-state index contributed by atoms with van der Waals surface area (Å²) in [5.74, 6) is -0.440. The van der Waals surface area contributed by atoms with Gasteiger partial charge in [0.05, 0.1) is 6.61 Å². The Hall–Kier alpha value is -1.47. The second kappa shape index (κ2) is 7.85. The Bertz CT molecular complexity index is 411. The van der Waals surface area contributed by atoms with Crippen LogP contribution in [0.1, 0.15) is 18.4 Å². The average molecular weight is 282 g/mol. The fourth-order valence-corrected chi connectivity index (χ4v) is 2.14. The molecule has 0 aromatic heterocycles. The first kappa shape index (κ1) is 15.6. The highest BCUT2D eigenvalue weighted by molar-refractivity contribution is 6.56. The summed E-state index contributed by atoms with van der Waals surface area (Å²) in [4.78, 5) is 37.6. The van der Waals surface area contributed by atoms with Gasteiger partial charge in [0.1, 0.15) is 0 Å². The summed E-state index contributed by atoms with van der Waals surface area (Å²) in [7, 11) is -3.95. The summed E-state index contributed by atoms with van der Waals surface area (Å²) in [6.45, 7) is 0.197. The molecule has 3 N–H and O–H groups in total. The van der Waals surface area contributed by atoms with E-state index in [0.29, 0.717) is 12.8 Å². The van der Waals surface area contributed by atoms with Crippen molar-refractivity contribution in [3.63, 3.8) is 0 Å². The van der Waals surface area contributed by atoms with Crippen molar-refractivity contribution in [1.29, 1.82) is 0 Å². The Labute approximate surface area is 113 Å². The van der Waals surface area contributed by atoms with E-state index in [4.69, 9.17) is 19.1 Å². The molecule has 0 unspecified atom stereocenters. The summed E-state index contributed by atoms with van der Waals surface area (Å²) in [6, 6.07) is 9.35. The fraction of sp³-hybridized carbons (Fsp3) is 0.308. The van der Waals surface area contributed by atoms with Crippen LogP contribution in [0.25, 0.3) is 6.08 Å². The maximum Gasteiger partial charge on any atom is 0.492 e. The second-order valence-electron chi connectivity index (χ2n) is 4.14. The van der Waals surface area contributed by atoms with Crippen LogP contribution in [0.3, 0.4) is 0 Å². The predicted molar refractivity (Wildman–Crippen MR) is 72.9 cm³/mol. The van der Waals surface area contributed by atoms with Crippen molar-refractivity contribution >= 4 is 20.8 Å². The van der Waals surface area contributed by atoms with Crippen molar-refractivity contribution in [1.82, 2.24) is 0 Å². The molecule has 5 nitrogen and oxygen atoms in total. The van der Waals surface area contributed by atoms with Gasteiger partial charge in [-0.3, -0.25) is 0 Å². The molecule has 104 valence electrons. The largest absolute Gasteiger partial charge is 0.492 e. The molecule has 0 heterocycles. The third kappa shape index (κ3) is 8.28. The molecule has 19 heavy (non-hydrogen) atoms. The number of esters is 1. The minimum Gasteiger partial charge on any atom is -0.463 e. The number of benzene rings is 1. The lowest BCUT2D eigenvalue weighted by atomic mass is 10.2. The van der Waals surface area contributed by atoms with E-state index in [2.05, 4.69) is 0 Å². The molecule has 0 spiro atoms. The van der Waals surface area contributed by atoms with Gasteiger partial charge < -0.3 is 19.1 Å². The molecule has 1 rings (SSSR count). The summed E-state index contributed by atoms with van der Waals surface area (Å²) in [5, 5.41) is 0. The summed E-state index contributed by atoms with van der Waals surface area (Å²) in [5.41, 5.74) is 0.913. The van der Waals surface area contributed by atoms with Gasteiger partial charge in [0, 0.05) is 12.1 Å². The Balaban J connectivity index is 2.17. The summed E-state index contributed by atoms with van der Waals surface area (Å²) in [6.07, 6.45) is 3.90. The molecule has 1 aromatic carbocycles. The fourth-order valence-electron chi connectivity index (χ4n) is 1.41. The van der Waals surface area contributed by atoms with Crippen molar-refractivity contribution < 1.29 is 23.9 Å². The smallest absolute Gasteiger partial charge is 0.463 e. The van der Waals surface area contributed by atoms with E-state index < -0.39 is 14.8 Å². The first-order chi connectivity index (χ1) is 8.97. The van der Waals surface area contributed by atoms with E-state index in [1.807, 2.05) is 30.3 Å². The van der Waals surface area contributed by atoms with Crippen LogP contribution in [0.2, 0.25) is 6.04 Å². The van der Waals surface area contributed by atoms with Crippen molar-refractivity contribution in [3.8, 4) is 0 Å². The number of carbonyl (C=O) groups is 1. The van der Waals surface area contributed by atoms with Crippen molar-refractivity contribution in [3.05, 3.63) is 42.0 Å². The highest BCUT2D eigenvalue weighted by atomic mass is 28.4. The van der Waals surface area contributed by atoms with Crippen molar-refractivity contribution in [2.75, 3.05) is 6.61 Å². The zero-order chi connectivity index (χ0) is 14.1. The lowest BCUT2D eigenvalue weighted by molar-refractivity contribution is -0.137. The molecule has 0 saturated heterocycles. The molecule has 0 saturated carbocycles.